The molecule has 3 N–H and O–H groups in total. The van der Waals surface area contributed by atoms with Crippen LogP contribution in [-0.4, -0.2) is 82.1 Å². The monoisotopic (exact) mass is 428 g/mol. The van der Waals surface area contributed by atoms with Crippen molar-refractivity contribution in [3.05, 3.63) is 28.8 Å². The Labute approximate surface area is 176 Å². The Morgan fingerprint density at radius 1 is 1.31 bits per heavy atom. The molecule has 29 heavy (non-hydrogen) atoms. The summed E-state index contributed by atoms with van der Waals surface area (Å²) in [6, 6.07) is 4.99. The first-order valence-electron chi connectivity index (χ1n) is 9.39. The summed E-state index contributed by atoms with van der Waals surface area (Å²) in [5.74, 6) is 0.412. The van der Waals surface area contributed by atoms with E-state index in [0.717, 1.165) is 6.42 Å². The van der Waals surface area contributed by atoms with E-state index in [9.17, 15) is 4.79 Å². The Hall–Kier alpha value is -2.07. The summed E-state index contributed by atoms with van der Waals surface area (Å²) in [5, 5.41) is 9.16. The van der Waals surface area contributed by atoms with Crippen LogP contribution in [0, 0.1) is 11.3 Å². The fourth-order valence-electron chi connectivity index (χ4n) is 2.85. The molecule has 162 valence electrons. The SMILES string of the molecule is COCCN(CCOC)C(=O)c1cc(Cl)cc(OCC2CCN(C(=N)N)OC2)c1. The molecule has 0 spiro atoms. The standard InChI is InChI=1S/C19H29ClN4O5/c1-26-7-5-23(6-8-27-2)18(25)15-9-16(20)11-17(10-15)28-12-14-3-4-24(19(21)22)29-13-14/h9-11,14H,3-8,12-13H2,1-2H3,(H3,21,22). The number of amides is 1. The maximum absolute atomic E-state index is 12.9. The first kappa shape index (κ1) is 23.2. The van der Waals surface area contributed by atoms with Crippen LogP contribution in [0.15, 0.2) is 18.2 Å². The molecule has 1 unspecified atom stereocenters. The molecule has 1 amide bonds. The summed E-state index contributed by atoms with van der Waals surface area (Å²) >= 11 is 6.21. The minimum Gasteiger partial charge on any atom is -0.493 e. The summed E-state index contributed by atoms with van der Waals surface area (Å²) < 4.78 is 16.1. The van der Waals surface area contributed by atoms with E-state index in [1.54, 1.807) is 37.3 Å². The van der Waals surface area contributed by atoms with Crippen molar-refractivity contribution in [2.75, 3.05) is 60.3 Å². The second-order valence-corrected chi connectivity index (χ2v) is 7.14. The fraction of sp³-hybridized carbons (Fsp3) is 0.579. The Morgan fingerprint density at radius 3 is 2.55 bits per heavy atom. The molecule has 0 aliphatic carbocycles. The van der Waals surface area contributed by atoms with Gasteiger partial charge in [0, 0.05) is 50.4 Å². The van der Waals surface area contributed by atoms with Gasteiger partial charge in [-0.2, -0.15) is 0 Å². The first-order chi connectivity index (χ1) is 13.9. The highest BCUT2D eigenvalue weighted by atomic mass is 35.5. The number of carbonyl (C=O) groups excluding carboxylic acids is 1. The molecule has 2 rings (SSSR count). The average Bonchev–Trinajstić information content (AvgIpc) is 2.72. The summed E-state index contributed by atoms with van der Waals surface area (Å²) in [6.45, 7) is 3.12. The molecule has 1 atom stereocenters. The van der Waals surface area contributed by atoms with E-state index in [1.165, 1.54) is 5.06 Å². The molecule has 0 aromatic heterocycles. The van der Waals surface area contributed by atoms with Crippen LogP contribution in [-0.2, 0) is 14.3 Å². The number of halogens is 1. The zero-order chi connectivity index (χ0) is 21.2. The molecular weight excluding hydrogens is 400 g/mol. The minimum absolute atomic E-state index is 0.103. The molecule has 1 aromatic carbocycles. The van der Waals surface area contributed by atoms with Gasteiger partial charge in [-0.1, -0.05) is 11.6 Å². The molecule has 1 aliphatic heterocycles. The van der Waals surface area contributed by atoms with Crippen molar-refractivity contribution in [3.63, 3.8) is 0 Å². The van der Waals surface area contributed by atoms with Crippen molar-refractivity contribution in [3.8, 4) is 5.75 Å². The quantitative estimate of drug-likeness (QED) is 0.430. The topological polar surface area (TPSA) is 110 Å². The summed E-state index contributed by atoms with van der Waals surface area (Å²) in [6.07, 6.45) is 0.785. The van der Waals surface area contributed by atoms with Crippen LogP contribution in [0.5, 0.6) is 5.75 Å². The third kappa shape index (κ3) is 7.36. The van der Waals surface area contributed by atoms with Crippen LogP contribution in [0.4, 0.5) is 0 Å². The first-order valence-corrected chi connectivity index (χ1v) is 9.77. The second kappa shape index (κ2) is 11.8. The van der Waals surface area contributed by atoms with E-state index in [0.29, 0.717) is 62.4 Å². The van der Waals surface area contributed by atoms with Crippen LogP contribution >= 0.6 is 11.6 Å². The normalized spacial score (nSPS) is 16.5. The summed E-state index contributed by atoms with van der Waals surface area (Å²) in [5.41, 5.74) is 5.86. The minimum atomic E-state index is -0.162. The number of carbonyl (C=O) groups is 1. The van der Waals surface area contributed by atoms with Gasteiger partial charge >= 0.3 is 0 Å². The number of hydrogen-bond acceptors (Lipinski definition) is 6. The molecule has 9 nitrogen and oxygen atoms in total. The number of rotatable bonds is 10. The van der Waals surface area contributed by atoms with Crippen LogP contribution in [0.2, 0.25) is 5.02 Å². The molecule has 0 saturated carbocycles. The van der Waals surface area contributed by atoms with E-state index >= 15 is 0 Å². The number of benzene rings is 1. The van der Waals surface area contributed by atoms with Crippen molar-refractivity contribution < 1.29 is 23.8 Å². The van der Waals surface area contributed by atoms with E-state index in [1.807, 2.05) is 0 Å². The van der Waals surface area contributed by atoms with Gasteiger partial charge in [0.05, 0.1) is 26.4 Å². The number of hydrogen-bond donors (Lipinski definition) is 2. The number of hydroxylamine groups is 2. The van der Waals surface area contributed by atoms with Gasteiger partial charge in [0.2, 0.25) is 5.96 Å². The van der Waals surface area contributed by atoms with E-state index in [2.05, 4.69) is 0 Å². The number of nitrogens with zero attached hydrogens (tertiary/aromatic N) is 2. The molecule has 0 bridgehead atoms. The fourth-order valence-corrected chi connectivity index (χ4v) is 3.07. The maximum Gasteiger partial charge on any atom is 0.254 e. The predicted molar refractivity (Wildman–Crippen MR) is 109 cm³/mol. The largest absolute Gasteiger partial charge is 0.493 e. The number of ether oxygens (including phenoxy) is 3. The van der Waals surface area contributed by atoms with Gasteiger partial charge in [0.1, 0.15) is 5.75 Å². The van der Waals surface area contributed by atoms with Gasteiger partial charge < -0.3 is 24.8 Å². The van der Waals surface area contributed by atoms with Gasteiger partial charge in [-0.05, 0) is 24.6 Å². The molecular formula is C19H29ClN4O5. The van der Waals surface area contributed by atoms with Gasteiger partial charge in [0.15, 0.2) is 0 Å². The van der Waals surface area contributed by atoms with E-state index in [4.69, 9.17) is 41.8 Å². The summed E-state index contributed by atoms with van der Waals surface area (Å²) in [4.78, 5) is 20.0. The average molecular weight is 429 g/mol. The molecule has 0 radical (unpaired) electrons. The zero-order valence-electron chi connectivity index (χ0n) is 16.9. The van der Waals surface area contributed by atoms with Crippen LogP contribution < -0.4 is 10.5 Å². The molecule has 1 aromatic rings. The number of nitrogens with two attached hydrogens (primary N) is 1. The van der Waals surface area contributed by atoms with Crippen LogP contribution in [0.1, 0.15) is 16.8 Å². The summed E-state index contributed by atoms with van der Waals surface area (Å²) in [7, 11) is 3.18. The second-order valence-electron chi connectivity index (χ2n) is 6.70. The smallest absolute Gasteiger partial charge is 0.254 e. The van der Waals surface area contributed by atoms with Gasteiger partial charge in [0.25, 0.3) is 5.91 Å². The Balaban J connectivity index is 1.99. The third-order valence-corrected chi connectivity index (χ3v) is 4.72. The Morgan fingerprint density at radius 2 is 2.00 bits per heavy atom. The van der Waals surface area contributed by atoms with Gasteiger partial charge in [-0.25, -0.2) is 5.06 Å². The Kier molecular flexibility index (Phi) is 9.46. The van der Waals surface area contributed by atoms with Crippen molar-refractivity contribution in [2.24, 2.45) is 11.7 Å². The van der Waals surface area contributed by atoms with Crippen LogP contribution in [0.25, 0.3) is 0 Å². The molecule has 1 saturated heterocycles. The third-order valence-electron chi connectivity index (χ3n) is 4.50. The highest BCUT2D eigenvalue weighted by molar-refractivity contribution is 6.31. The van der Waals surface area contributed by atoms with Crippen molar-refractivity contribution >= 4 is 23.5 Å². The molecule has 1 heterocycles. The predicted octanol–water partition coefficient (Wildman–Crippen LogP) is 1.60. The van der Waals surface area contributed by atoms with Crippen molar-refractivity contribution in [1.82, 2.24) is 9.96 Å². The lowest BCUT2D eigenvalue weighted by atomic mass is 10.1. The lowest BCUT2D eigenvalue weighted by Gasteiger charge is -2.31. The lowest BCUT2D eigenvalue weighted by Crippen LogP contribution is -2.43. The van der Waals surface area contributed by atoms with Crippen molar-refractivity contribution in [2.45, 2.75) is 6.42 Å². The van der Waals surface area contributed by atoms with Gasteiger partial charge in [-0.3, -0.25) is 15.0 Å². The van der Waals surface area contributed by atoms with E-state index in [-0.39, 0.29) is 17.8 Å². The number of nitrogens with one attached hydrogen (secondary N) is 1. The highest BCUT2D eigenvalue weighted by Gasteiger charge is 2.22. The van der Waals surface area contributed by atoms with E-state index < -0.39 is 0 Å². The Bertz CT molecular complexity index is 675. The zero-order valence-corrected chi connectivity index (χ0v) is 17.6. The highest BCUT2D eigenvalue weighted by Crippen LogP contribution is 2.24. The number of guanidine groups is 1. The van der Waals surface area contributed by atoms with Crippen LogP contribution in [0.3, 0.4) is 0 Å². The van der Waals surface area contributed by atoms with Gasteiger partial charge in [-0.15, -0.1) is 0 Å². The maximum atomic E-state index is 12.9. The molecule has 10 heteroatoms. The van der Waals surface area contributed by atoms with Crippen molar-refractivity contribution in [1.29, 1.82) is 5.41 Å². The lowest BCUT2D eigenvalue weighted by molar-refractivity contribution is -0.149. The molecule has 1 fully saturated rings. The molecule has 1 aliphatic rings. The number of methoxy groups -OCH3 is 2.